The molecule has 2 saturated heterocycles. The molecular weight excluding hydrogens is 336 g/mol. The molecule has 0 saturated carbocycles. The topological polar surface area (TPSA) is 49.9 Å². The number of nitrogens with zero attached hydrogens (tertiary/aromatic N) is 2. The molecule has 5 nitrogen and oxygen atoms in total. The van der Waals surface area contributed by atoms with E-state index < -0.39 is 6.04 Å². The maximum absolute atomic E-state index is 12.8. The van der Waals surface area contributed by atoms with Gasteiger partial charge in [-0.2, -0.15) is 0 Å². The molecule has 2 unspecified atom stereocenters. The third-order valence-electron chi connectivity index (χ3n) is 4.20. The van der Waals surface area contributed by atoms with Crippen molar-refractivity contribution in [2.45, 2.75) is 31.8 Å². The number of hydrogen-bond donors (Lipinski definition) is 0. The van der Waals surface area contributed by atoms with E-state index in [0.29, 0.717) is 18.0 Å². The maximum atomic E-state index is 12.8. The van der Waals surface area contributed by atoms with Crippen LogP contribution < -0.4 is 9.64 Å². The Balaban J connectivity index is 2.06. The zero-order valence-corrected chi connectivity index (χ0v) is 13.6. The molecule has 2 heterocycles. The molecule has 112 valence electrons. The fraction of sp³-hybridized carbons (Fsp3) is 0.467. The second-order valence-corrected chi connectivity index (χ2v) is 6.31. The Morgan fingerprint density at radius 1 is 1.29 bits per heavy atom. The summed E-state index contributed by atoms with van der Waals surface area (Å²) in [5.74, 6) is 0.591. The van der Waals surface area contributed by atoms with Crippen LogP contribution in [0.3, 0.4) is 0 Å². The number of ether oxygens (including phenoxy) is 1. The first-order valence-corrected chi connectivity index (χ1v) is 7.81. The monoisotopic (exact) mass is 352 g/mol. The Labute approximate surface area is 132 Å². The molecule has 2 aliphatic rings. The highest BCUT2D eigenvalue weighted by Crippen LogP contribution is 2.37. The van der Waals surface area contributed by atoms with E-state index in [1.165, 1.54) is 0 Å². The van der Waals surface area contributed by atoms with Crippen molar-refractivity contribution < 1.29 is 14.3 Å². The minimum atomic E-state index is -0.505. The van der Waals surface area contributed by atoms with Crippen molar-refractivity contribution >= 4 is 33.4 Å². The van der Waals surface area contributed by atoms with Crippen LogP contribution in [0.15, 0.2) is 22.7 Å². The summed E-state index contributed by atoms with van der Waals surface area (Å²) in [4.78, 5) is 28.6. The van der Waals surface area contributed by atoms with Crippen LogP contribution in [0, 0.1) is 0 Å². The highest BCUT2D eigenvalue weighted by atomic mass is 79.9. The molecule has 0 radical (unpaired) electrons. The van der Waals surface area contributed by atoms with Gasteiger partial charge in [-0.25, -0.2) is 0 Å². The first kappa shape index (κ1) is 14.4. The van der Waals surface area contributed by atoms with Gasteiger partial charge in [0.15, 0.2) is 0 Å². The van der Waals surface area contributed by atoms with Gasteiger partial charge in [0.1, 0.15) is 17.8 Å². The van der Waals surface area contributed by atoms with Gasteiger partial charge < -0.3 is 9.64 Å². The van der Waals surface area contributed by atoms with Gasteiger partial charge in [0, 0.05) is 11.0 Å². The van der Waals surface area contributed by atoms with Crippen molar-refractivity contribution in [1.29, 1.82) is 0 Å². The van der Waals surface area contributed by atoms with Crippen molar-refractivity contribution in [2.24, 2.45) is 0 Å². The Hall–Kier alpha value is -1.56. The first-order chi connectivity index (χ1) is 10.0. The van der Waals surface area contributed by atoms with E-state index in [1.807, 2.05) is 12.1 Å². The number of piperazine rings is 1. The lowest BCUT2D eigenvalue weighted by Gasteiger charge is -2.41. The third kappa shape index (κ3) is 2.21. The highest BCUT2D eigenvalue weighted by Gasteiger charge is 2.47. The first-order valence-electron chi connectivity index (χ1n) is 7.01. The molecule has 0 aromatic heterocycles. The van der Waals surface area contributed by atoms with Crippen LogP contribution in [-0.4, -0.2) is 42.5 Å². The summed E-state index contributed by atoms with van der Waals surface area (Å²) in [5, 5.41) is 0. The van der Waals surface area contributed by atoms with Crippen LogP contribution in [0.25, 0.3) is 0 Å². The molecular formula is C15H17BrN2O3. The molecule has 1 aromatic carbocycles. The summed E-state index contributed by atoms with van der Waals surface area (Å²) >= 11 is 3.41. The second kappa shape index (κ2) is 5.33. The predicted octanol–water partition coefficient (Wildman–Crippen LogP) is 2.18. The fourth-order valence-electron chi connectivity index (χ4n) is 3.17. The summed E-state index contributed by atoms with van der Waals surface area (Å²) < 4.78 is 6.20. The number of hydrogen-bond acceptors (Lipinski definition) is 3. The number of halogens is 1. The molecule has 2 atom stereocenters. The molecule has 21 heavy (non-hydrogen) atoms. The highest BCUT2D eigenvalue weighted by molar-refractivity contribution is 9.10. The minimum absolute atomic E-state index is 0.0131. The van der Waals surface area contributed by atoms with E-state index in [-0.39, 0.29) is 17.9 Å². The zero-order chi connectivity index (χ0) is 15.1. The molecule has 2 aliphatic heterocycles. The zero-order valence-electron chi connectivity index (χ0n) is 12.0. The number of amides is 2. The molecule has 3 rings (SSSR count). The van der Waals surface area contributed by atoms with Gasteiger partial charge in [-0.1, -0.05) is 15.9 Å². The van der Waals surface area contributed by atoms with Gasteiger partial charge in [0.2, 0.25) is 5.91 Å². The van der Waals surface area contributed by atoms with E-state index in [9.17, 15) is 9.59 Å². The number of carbonyl (C=O) groups excluding carboxylic acids is 2. The van der Waals surface area contributed by atoms with Gasteiger partial charge in [-0.05, 0) is 38.0 Å². The smallest absolute Gasteiger partial charge is 0.250 e. The number of fused-ring (bicyclic) bond motifs is 1. The van der Waals surface area contributed by atoms with Crippen molar-refractivity contribution in [3.63, 3.8) is 0 Å². The van der Waals surface area contributed by atoms with Crippen LogP contribution in [-0.2, 0) is 9.59 Å². The van der Waals surface area contributed by atoms with Crippen LogP contribution >= 0.6 is 15.9 Å². The summed E-state index contributed by atoms with van der Waals surface area (Å²) in [6, 6.07) is 4.65. The normalized spacial score (nSPS) is 25.3. The molecule has 2 amide bonds. The molecule has 2 fully saturated rings. The van der Waals surface area contributed by atoms with Gasteiger partial charge in [-0.15, -0.1) is 0 Å². The number of methoxy groups -OCH3 is 1. The Kier molecular flexibility index (Phi) is 3.65. The van der Waals surface area contributed by atoms with Gasteiger partial charge in [0.25, 0.3) is 5.91 Å². The predicted molar refractivity (Wildman–Crippen MR) is 82.4 cm³/mol. The largest absolute Gasteiger partial charge is 0.495 e. The number of anilines is 1. The summed E-state index contributed by atoms with van der Waals surface area (Å²) in [7, 11) is 1.57. The number of carbonyl (C=O) groups is 2. The lowest BCUT2D eigenvalue weighted by atomic mass is 10.0. The molecule has 0 aliphatic carbocycles. The Morgan fingerprint density at radius 3 is 2.76 bits per heavy atom. The third-order valence-corrected chi connectivity index (χ3v) is 4.70. The summed E-state index contributed by atoms with van der Waals surface area (Å²) in [6.45, 7) is 2.46. The van der Waals surface area contributed by atoms with Gasteiger partial charge in [0.05, 0.1) is 12.8 Å². The lowest BCUT2D eigenvalue weighted by Crippen LogP contribution is -2.62. The lowest BCUT2D eigenvalue weighted by molar-refractivity contribution is -0.143. The van der Waals surface area contributed by atoms with Crippen molar-refractivity contribution in [3.8, 4) is 5.75 Å². The SMILES string of the molecule is COc1ccc(Br)cc1N1C(=O)C2CCCN2C(=O)C1C. The molecule has 6 heteroatoms. The van der Waals surface area contributed by atoms with E-state index in [1.54, 1.807) is 29.9 Å². The second-order valence-electron chi connectivity index (χ2n) is 5.39. The average Bonchev–Trinajstić information content (AvgIpc) is 2.95. The van der Waals surface area contributed by atoms with E-state index in [4.69, 9.17) is 4.74 Å². The molecule has 0 bridgehead atoms. The van der Waals surface area contributed by atoms with Crippen molar-refractivity contribution in [3.05, 3.63) is 22.7 Å². The maximum Gasteiger partial charge on any atom is 0.250 e. The Morgan fingerprint density at radius 2 is 2.05 bits per heavy atom. The minimum Gasteiger partial charge on any atom is -0.495 e. The van der Waals surface area contributed by atoms with Crippen LogP contribution in [0.5, 0.6) is 5.75 Å². The van der Waals surface area contributed by atoms with Crippen LogP contribution in [0.4, 0.5) is 5.69 Å². The van der Waals surface area contributed by atoms with Gasteiger partial charge in [-0.3, -0.25) is 14.5 Å². The number of rotatable bonds is 2. The van der Waals surface area contributed by atoms with Crippen LogP contribution in [0.1, 0.15) is 19.8 Å². The summed E-state index contributed by atoms with van der Waals surface area (Å²) in [5.41, 5.74) is 0.643. The molecule has 0 spiro atoms. The molecule has 1 aromatic rings. The van der Waals surface area contributed by atoms with E-state index in [0.717, 1.165) is 17.3 Å². The Bertz CT molecular complexity index is 605. The van der Waals surface area contributed by atoms with E-state index in [2.05, 4.69) is 15.9 Å². The number of benzene rings is 1. The summed E-state index contributed by atoms with van der Waals surface area (Å²) in [6.07, 6.45) is 1.63. The molecule has 0 N–H and O–H groups in total. The quantitative estimate of drug-likeness (QED) is 0.819. The van der Waals surface area contributed by atoms with Gasteiger partial charge >= 0.3 is 0 Å². The standard InChI is InChI=1S/C15H17BrN2O3/c1-9-14(19)17-7-3-4-11(17)15(20)18(9)12-8-10(16)5-6-13(12)21-2/h5-6,8-9,11H,3-4,7H2,1-2H3. The van der Waals surface area contributed by atoms with Crippen LogP contribution in [0.2, 0.25) is 0 Å². The average molecular weight is 353 g/mol. The van der Waals surface area contributed by atoms with Crippen molar-refractivity contribution in [1.82, 2.24) is 4.90 Å². The van der Waals surface area contributed by atoms with Crippen molar-refractivity contribution in [2.75, 3.05) is 18.6 Å². The fourth-order valence-corrected chi connectivity index (χ4v) is 3.52. The van der Waals surface area contributed by atoms with E-state index >= 15 is 0 Å².